The van der Waals surface area contributed by atoms with Gasteiger partial charge in [-0.1, -0.05) is 0 Å². The Bertz CT molecular complexity index is 658. The highest BCUT2D eigenvalue weighted by Crippen LogP contribution is 2.27. The molecular weight excluding hydrogens is 268 g/mol. The Morgan fingerprint density at radius 2 is 2.24 bits per heavy atom. The normalized spacial score (nSPS) is 18.5. The van der Waals surface area contributed by atoms with Crippen LogP contribution in [0.5, 0.6) is 0 Å². The van der Waals surface area contributed by atoms with Gasteiger partial charge in [-0.3, -0.25) is 14.2 Å². The summed E-state index contributed by atoms with van der Waals surface area (Å²) in [6, 6.07) is 1.81. The maximum absolute atomic E-state index is 12.5. The quantitative estimate of drug-likeness (QED) is 0.907. The first-order valence-corrected chi connectivity index (χ1v) is 7.12. The van der Waals surface area contributed by atoms with Crippen molar-refractivity contribution >= 4 is 11.7 Å². The zero-order valence-electron chi connectivity index (χ0n) is 12.6. The molecule has 1 atom stereocenters. The van der Waals surface area contributed by atoms with E-state index >= 15 is 0 Å². The largest absolute Gasteiger partial charge is 0.309 e. The van der Waals surface area contributed by atoms with Crippen LogP contribution in [0.15, 0.2) is 18.5 Å². The van der Waals surface area contributed by atoms with Gasteiger partial charge in [0, 0.05) is 50.7 Å². The van der Waals surface area contributed by atoms with Gasteiger partial charge in [0.25, 0.3) is 0 Å². The highest BCUT2D eigenvalue weighted by Gasteiger charge is 2.32. The van der Waals surface area contributed by atoms with Crippen LogP contribution in [0.25, 0.3) is 0 Å². The van der Waals surface area contributed by atoms with E-state index in [2.05, 4.69) is 20.4 Å². The van der Waals surface area contributed by atoms with Crippen LogP contribution in [0, 0.1) is 0 Å². The van der Waals surface area contributed by atoms with Crippen molar-refractivity contribution in [2.45, 2.75) is 25.9 Å². The van der Waals surface area contributed by atoms with E-state index in [1.807, 2.05) is 39.5 Å². The Hall–Kier alpha value is -2.15. The van der Waals surface area contributed by atoms with Gasteiger partial charge < -0.3 is 10.2 Å². The van der Waals surface area contributed by atoms with Crippen molar-refractivity contribution in [3.05, 3.63) is 29.7 Å². The van der Waals surface area contributed by atoms with Crippen LogP contribution in [-0.4, -0.2) is 44.0 Å². The second-order valence-corrected chi connectivity index (χ2v) is 5.51. The average molecular weight is 288 g/mol. The number of hydrogen-bond acceptors (Lipinski definition) is 4. The molecule has 112 valence electrons. The molecule has 1 N–H and O–H groups in total. The second kappa shape index (κ2) is 5.33. The number of amides is 1. The van der Waals surface area contributed by atoms with Crippen LogP contribution < -0.4 is 5.32 Å². The summed E-state index contributed by atoms with van der Waals surface area (Å²) < 4.78 is 3.56. The number of likely N-dealkylation sites (N-methyl/N-ethyl adjacent to an activating group) is 1. The molecule has 0 bridgehead atoms. The van der Waals surface area contributed by atoms with Crippen LogP contribution in [0.4, 0.5) is 5.82 Å². The van der Waals surface area contributed by atoms with Crippen molar-refractivity contribution in [2.24, 2.45) is 7.05 Å². The maximum atomic E-state index is 12.5. The number of rotatable bonds is 3. The summed E-state index contributed by atoms with van der Waals surface area (Å²) in [7, 11) is 3.90. The SMILES string of the molecule is CCn1ccc(NC(=O)C2CN(C)Cc3cn(C)nc32)n1. The summed E-state index contributed by atoms with van der Waals surface area (Å²) >= 11 is 0. The summed E-state index contributed by atoms with van der Waals surface area (Å²) in [5.41, 5.74) is 1.99. The number of aryl methyl sites for hydroxylation is 2. The zero-order valence-corrected chi connectivity index (χ0v) is 12.6. The minimum absolute atomic E-state index is 0.0529. The van der Waals surface area contributed by atoms with E-state index in [4.69, 9.17) is 0 Å². The third-order valence-electron chi connectivity index (χ3n) is 3.73. The topological polar surface area (TPSA) is 68.0 Å². The Morgan fingerprint density at radius 1 is 1.43 bits per heavy atom. The van der Waals surface area contributed by atoms with Gasteiger partial charge in [0.05, 0.1) is 11.6 Å². The fourth-order valence-electron chi connectivity index (χ4n) is 2.75. The van der Waals surface area contributed by atoms with Crippen LogP contribution in [0.1, 0.15) is 24.1 Å². The van der Waals surface area contributed by atoms with Gasteiger partial charge in [0.15, 0.2) is 5.82 Å². The Morgan fingerprint density at radius 3 is 2.95 bits per heavy atom. The summed E-state index contributed by atoms with van der Waals surface area (Å²) in [4.78, 5) is 14.7. The lowest BCUT2D eigenvalue weighted by Crippen LogP contribution is -2.36. The molecule has 21 heavy (non-hydrogen) atoms. The Balaban J connectivity index is 1.80. The number of hydrogen-bond donors (Lipinski definition) is 1. The molecule has 7 nitrogen and oxygen atoms in total. The summed E-state index contributed by atoms with van der Waals surface area (Å²) in [5.74, 6) is 0.280. The molecule has 0 fully saturated rings. The fourth-order valence-corrected chi connectivity index (χ4v) is 2.75. The monoisotopic (exact) mass is 288 g/mol. The third-order valence-corrected chi connectivity index (χ3v) is 3.73. The summed E-state index contributed by atoms with van der Waals surface area (Å²) in [6.07, 6.45) is 3.84. The molecule has 3 heterocycles. The molecule has 0 saturated carbocycles. The van der Waals surface area contributed by atoms with Crippen molar-refractivity contribution in [1.82, 2.24) is 24.5 Å². The molecule has 0 aliphatic carbocycles. The number of anilines is 1. The second-order valence-electron chi connectivity index (χ2n) is 5.51. The van der Waals surface area contributed by atoms with Crippen LogP contribution >= 0.6 is 0 Å². The van der Waals surface area contributed by atoms with Crippen LogP contribution in [0.2, 0.25) is 0 Å². The molecule has 2 aromatic rings. The Labute approximate surface area is 123 Å². The third kappa shape index (κ3) is 2.69. The standard InChI is InChI=1S/C14H20N6O/c1-4-20-6-5-12(16-20)15-14(21)11-9-18(2)7-10-8-19(3)17-13(10)11/h5-6,8,11H,4,7,9H2,1-3H3,(H,15,16,21). The number of aromatic nitrogens is 4. The molecule has 0 spiro atoms. The van der Waals surface area contributed by atoms with Crippen LogP contribution in [0.3, 0.4) is 0 Å². The van der Waals surface area contributed by atoms with Gasteiger partial charge in [-0.2, -0.15) is 10.2 Å². The van der Waals surface area contributed by atoms with Crippen LogP contribution in [-0.2, 0) is 24.9 Å². The summed E-state index contributed by atoms with van der Waals surface area (Å²) in [5, 5.41) is 11.6. The van der Waals surface area contributed by atoms with E-state index in [0.717, 1.165) is 24.3 Å². The molecule has 0 saturated heterocycles. The number of carbonyl (C=O) groups is 1. The van der Waals surface area contributed by atoms with E-state index in [9.17, 15) is 4.79 Å². The number of fused-ring (bicyclic) bond motifs is 1. The summed E-state index contributed by atoms with van der Waals surface area (Å²) in [6.45, 7) is 4.29. The van der Waals surface area contributed by atoms with Gasteiger partial charge in [-0.15, -0.1) is 0 Å². The van der Waals surface area contributed by atoms with E-state index in [-0.39, 0.29) is 11.8 Å². The zero-order chi connectivity index (χ0) is 15.0. The molecule has 1 aliphatic rings. The minimum Gasteiger partial charge on any atom is -0.309 e. The van der Waals surface area contributed by atoms with Crippen molar-refractivity contribution in [3.8, 4) is 0 Å². The van der Waals surface area contributed by atoms with Gasteiger partial charge in [0.1, 0.15) is 0 Å². The first-order chi connectivity index (χ1) is 10.1. The number of nitrogens with zero attached hydrogens (tertiary/aromatic N) is 5. The van der Waals surface area contributed by atoms with E-state index in [0.29, 0.717) is 12.4 Å². The lowest BCUT2D eigenvalue weighted by molar-refractivity contribution is -0.118. The molecule has 7 heteroatoms. The van der Waals surface area contributed by atoms with Crippen molar-refractivity contribution in [3.63, 3.8) is 0 Å². The van der Waals surface area contributed by atoms with Crippen molar-refractivity contribution in [2.75, 3.05) is 18.9 Å². The lowest BCUT2D eigenvalue weighted by Gasteiger charge is -2.27. The molecule has 2 aromatic heterocycles. The first-order valence-electron chi connectivity index (χ1n) is 7.12. The van der Waals surface area contributed by atoms with Gasteiger partial charge in [-0.25, -0.2) is 0 Å². The van der Waals surface area contributed by atoms with E-state index < -0.39 is 0 Å². The molecule has 1 unspecified atom stereocenters. The molecule has 1 amide bonds. The minimum atomic E-state index is -0.258. The molecule has 3 rings (SSSR count). The van der Waals surface area contributed by atoms with E-state index in [1.165, 1.54) is 0 Å². The molecule has 1 aliphatic heterocycles. The Kier molecular flexibility index (Phi) is 3.50. The smallest absolute Gasteiger partial charge is 0.236 e. The average Bonchev–Trinajstić information content (AvgIpc) is 3.03. The lowest BCUT2D eigenvalue weighted by atomic mass is 9.96. The first kappa shape index (κ1) is 13.8. The molecule has 0 radical (unpaired) electrons. The van der Waals surface area contributed by atoms with E-state index in [1.54, 1.807) is 9.36 Å². The fraction of sp³-hybridized carbons (Fsp3) is 0.500. The highest BCUT2D eigenvalue weighted by molar-refractivity contribution is 5.95. The highest BCUT2D eigenvalue weighted by atomic mass is 16.2. The van der Waals surface area contributed by atoms with Gasteiger partial charge in [0.2, 0.25) is 5.91 Å². The number of nitrogens with one attached hydrogen (secondary N) is 1. The predicted octanol–water partition coefficient (Wildman–Crippen LogP) is 0.804. The van der Waals surface area contributed by atoms with Gasteiger partial charge >= 0.3 is 0 Å². The molecular formula is C14H20N6O. The van der Waals surface area contributed by atoms with Crippen molar-refractivity contribution in [1.29, 1.82) is 0 Å². The maximum Gasteiger partial charge on any atom is 0.236 e. The van der Waals surface area contributed by atoms with Gasteiger partial charge in [-0.05, 0) is 14.0 Å². The van der Waals surface area contributed by atoms with Crippen molar-refractivity contribution < 1.29 is 4.79 Å². The molecule has 0 aromatic carbocycles. The number of carbonyl (C=O) groups excluding carboxylic acids is 1. The predicted molar refractivity (Wildman–Crippen MR) is 78.8 cm³/mol.